The van der Waals surface area contributed by atoms with Crippen molar-refractivity contribution in [3.05, 3.63) is 66.7 Å². The van der Waals surface area contributed by atoms with Crippen molar-refractivity contribution >= 4 is 34.3 Å². The molecule has 1 heterocycles. The number of hydrogen-bond donors (Lipinski definition) is 0. The van der Waals surface area contributed by atoms with E-state index in [2.05, 4.69) is 11.1 Å². The quantitative estimate of drug-likeness (QED) is 0.629. The van der Waals surface area contributed by atoms with Crippen molar-refractivity contribution in [1.29, 1.82) is 0 Å². The molecule has 1 atom stereocenters. The molecule has 24 heavy (non-hydrogen) atoms. The highest BCUT2D eigenvalue weighted by molar-refractivity contribution is 8.00. The fourth-order valence-electron chi connectivity index (χ4n) is 2.64. The van der Waals surface area contributed by atoms with E-state index in [1.54, 1.807) is 0 Å². The summed E-state index contributed by atoms with van der Waals surface area (Å²) in [5.41, 5.74) is 1.89. The van der Waals surface area contributed by atoms with Gasteiger partial charge in [-0.1, -0.05) is 54.2 Å². The van der Waals surface area contributed by atoms with Crippen LogP contribution in [0.4, 0.5) is 5.69 Å². The minimum atomic E-state index is -0.196. The first-order chi connectivity index (χ1) is 11.7. The summed E-state index contributed by atoms with van der Waals surface area (Å²) in [6, 6.07) is 21.8. The number of hydrogen-bond acceptors (Lipinski definition) is 3. The van der Waals surface area contributed by atoms with Crippen LogP contribution in [0, 0.1) is 0 Å². The molecule has 0 bridgehead atoms. The van der Waals surface area contributed by atoms with Crippen molar-refractivity contribution in [2.75, 3.05) is 11.4 Å². The monoisotopic (exact) mass is 336 g/mol. The van der Waals surface area contributed by atoms with E-state index in [0.29, 0.717) is 6.54 Å². The third-order valence-electron chi connectivity index (χ3n) is 3.87. The molecule has 2 aromatic carbocycles. The molecule has 3 aromatic rings. The van der Waals surface area contributed by atoms with E-state index in [1.807, 2.05) is 79.4 Å². The van der Waals surface area contributed by atoms with Crippen LogP contribution in [-0.2, 0) is 4.79 Å². The number of aromatic nitrogens is 1. The van der Waals surface area contributed by atoms with Gasteiger partial charge >= 0.3 is 0 Å². The Bertz CT molecular complexity index is 835. The minimum Gasteiger partial charge on any atom is -0.312 e. The Morgan fingerprint density at radius 1 is 1.04 bits per heavy atom. The smallest absolute Gasteiger partial charge is 0.240 e. The van der Waals surface area contributed by atoms with Gasteiger partial charge in [0.15, 0.2) is 0 Å². The van der Waals surface area contributed by atoms with Crippen LogP contribution in [0.15, 0.2) is 71.8 Å². The molecule has 0 aliphatic heterocycles. The van der Waals surface area contributed by atoms with Gasteiger partial charge in [0.05, 0.1) is 15.8 Å². The van der Waals surface area contributed by atoms with Crippen LogP contribution < -0.4 is 4.90 Å². The molecule has 3 rings (SSSR count). The Balaban J connectivity index is 1.77. The summed E-state index contributed by atoms with van der Waals surface area (Å²) >= 11 is 1.50. The largest absolute Gasteiger partial charge is 0.312 e. The van der Waals surface area contributed by atoms with E-state index in [9.17, 15) is 4.79 Å². The molecular weight excluding hydrogens is 316 g/mol. The second kappa shape index (κ2) is 7.49. The summed E-state index contributed by atoms with van der Waals surface area (Å²) in [5, 5.41) is 1.79. The number of benzene rings is 2. The number of nitrogens with zero attached hydrogens (tertiary/aromatic N) is 2. The summed E-state index contributed by atoms with van der Waals surface area (Å²) in [4.78, 5) is 19.3. The summed E-state index contributed by atoms with van der Waals surface area (Å²) in [5.74, 6) is 0.101. The van der Waals surface area contributed by atoms with E-state index >= 15 is 0 Å². The van der Waals surface area contributed by atoms with Gasteiger partial charge < -0.3 is 4.90 Å². The highest BCUT2D eigenvalue weighted by Crippen LogP contribution is 2.26. The van der Waals surface area contributed by atoms with Crippen molar-refractivity contribution in [2.24, 2.45) is 0 Å². The van der Waals surface area contributed by atoms with Crippen molar-refractivity contribution < 1.29 is 4.79 Å². The molecule has 0 radical (unpaired) electrons. The number of rotatable bonds is 5. The Kier molecular flexibility index (Phi) is 5.16. The SMILES string of the molecule is CCN(C(=O)[C@@H](C)Sc1ccc2ccccc2n1)c1ccccc1. The lowest BCUT2D eigenvalue weighted by atomic mass is 10.2. The first-order valence-electron chi connectivity index (χ1n) is 8.08. The predicted molar refractivity (Wildman–Crippen MR) is 102 cm³/mol. The van der Waals surface area contributed by atoms with Crippen molar-refractivity contribution in [2.45, 2.75) is 24.1 Å². The van der Waals surface area contributed by atoms with E-state index in [4.69, 9.17) is 0 Å². The second-order valence-electron chi connectivity index (χ2n) is 5.52. The fourth-order valence-corrected chi connectivity index (χ4v) is 3.53. The number of para-hydroxylation sites is 2. The Morgan fingerprint density at radius 2 is 1.75 bits per heavy atom. The van der Waals surface area contributed by atoms with Crippen LogP contribution in [0.1, 0.15) is 13.8 Å². The molecule has 122 valence electrons. The Morgan fingerprint density at radius 3 is 2.50 bits per heavy atom. The standard InChI is InChI=1S/C20H20N2OS/c1-3-22(17-10-5-4-6-11-17)20(23)15(2)24-19-14-13-16-9-7-8-12-18(16)21-19/h4-15H,3H2,1-2H3/t15-/m1/s1. The first kappa shape index (κ1) is 16.5. The molecule has 0 saturated carbocycles. The zero-order valence-corrected chi connectivity index (χ0v) is 14.7. The molecule has 4 heteroatoms. The number of anilines is 1. The van der Waals surface area contributed by atoms with Gasteiger partial charge in [-0.2, -0.15) is 0 Å². The second-order valence-corrected chi connectivity index (χ2v) is 6.88. The summed E-state index contributed by atoms with van der Waals surface area (Å²) < 4.78 is 0. The zero-order chi connectivity index (χ0) is 16.9. The molecule has 0 saturated heterocycles. The van der Waals surface area contributed by atoms with E-state index < -0.39 is 0 Å². The van der Waals surface area contributed by atoms with Crippen LogP contribution in [0.2, 0.25) is 0 Å². The normalized spacial score (nSPS) is 12.1. The van der Waals surface area contributed by atoms with Crippen LogP contribution in [0.25, 0.3) is 10.9 Å². The van der Waals surface area contributed by atoms with Gasteiger partial charge in [-0.15, -0.1) is 0 Å². The summed E-state index contributed by atoms with van der Waals surface area (Å²) in [7, 11) is 0. The average molecular weight is 336 g/mol. The minimum absolute atomic E-state index is 0.101. The molecule has 0 aliphatic rings. The van der Waals surface area contributed by atoms with Crippen molar-refractivity contribution in [3.63, 3.8) is 0 Å². The van der Waals surface area contributed by atoms with Gasteiger partial charge in [-0.05, 0) is 38.1 Å². The number of pyridine rings is 1. The lowest BCUT2D eigenvalue weighted by molar-refractivity contribution is -0.117. The van der Waals surface area contributed by atoms with Gasteiger partial charge in [-0.25, -0.2) is 4.98 Å². The van der Waals surface area contributed by atoms with Gasteiger partial charge in [0, 0.05) is 17.6 Å². The molecule has 0 aliphatic carbocycles. The molecule has 3 nitrogen and oxygen atoms in total. The topological polar surface area (TPSA) is 33.2 Å². The number of thioether (sulfide) groups is 1. The summed E-state index contributed by atoms with van der Waals surface area (Å²) in [6.07, 6.45) is 0. The Hall–Kier alpha value is -2.33. The fraction of sp³-hybridized carbons (Fsp3) is 0.200. The van der Waals surface area contributed by atoms with Gasteiger partial charge in [0.1, 0.15) is 0 Å². The third kappa shape index (κ3) is 3.60. The molecular formula is C20H20N2OS. The summed E-state index contributed by atoms with van der Waals surface area (Å²) in [6.45, 7) is 4.59. The molecule has 0 fully saturated rings. The van der Waals surface area contributed by atoms with Gasteiger partial charge in [0.2, 0.25) is 5.91 Å². The maximum Gasteiger partial charge on any atom is 0.240 e. The van der Waals surface area contributed by atoms with Gasteiger partial charge in [0.25, 0.3) is 0 Å². The zero-order valence-electron chi connectivity index (χ0n) is 13.8. The average Bonchev–Trinajstić information content (AvgIpc) is 2.63. The number of carbonyl (C=O) groups is 1. The lowest BCUT2D eigenvalue weighted by Gasteiger charge is -2.24. The van der Waals surface area contributed by atoms with Crippen LogP contribution in [0.5, 0.6) is 0 Å². The van der Waals surface area contributed by atoms with Crippen LogP contribution in [0.3, 0.4) is 0 Å². The third-order valence-corrected chi connectivity index (χ3v) is 4.89. The number of amides is 1. The van der Waals surface area contributed by atoms with Crippen molar-refractivity contribution in [1.82, 2.24) is 4.98 Å². The first-order valence-corrected chi connectivity index (χ1v) is 8.96. The highest BCUT2D eigenvalue weighted by Gasteiger charge is 2.22. The maximum atomic E-state index is 12.8. The van der Waals surface area contributed by atoms with Crippen molar-refractivity contribution in [3.8, 4) is 0 Å². The predicted octanol–water partition coefficient (Wildman–Crippen LogP) is 4.77. The van der Waals surface area contributed by atoms with E-state index in [-0.39, 0.29) is 11.2 Å². The molecule has 0 unspecified atom stereocenters. The molecule has 0 spiro atoms. The number of carbonyl (C=O) groups excluding carboxylic acids is 1. The van der Waals surface area contributed by atoms with Crippen LogP contribution in [-0.4, -0.2) is 22.7 Å². The molecule has 0 N–H and O–H groups in total. The lowest BCUT2D eigenvalue weighted by Crippen LogP contribution is -2.36. The highest BCUT2D eigenvalue weighted by atomic mass is 32.2. The molecule has 1 aromatic heterocycles. The Labute approximate surface area is 146 Å². The molecule has 1 amide bonds. The maximum absolute atomic E-state index is 12.8. The van der Waals surface area contributed by atoms with Gasteiger partial charge in [-0.3, -0.25) is 4.79 Å². The number of fused-ring (bicyclic) bond motifs is 1. The van der Waals surface area contributed by atoms with E-state index in [0.717, 1.165) is 21.6 Å². The van der Waals surface area contributed by atoms with E-state index in [1.165, 1.54) is 11.8 Å². The van der Waals surface area contributed by atoms with Crippen LogP contribution >= 0.6 is 11.8 Å².